The number of aromatic nitrogens is 1. The van der Waals surface area contributed by atoms with Crippen LogP contribution in [-0.2, 0) is 0 Å². The third-order valence-corrected chi connectivity index (χ3v) is 3.51. The molecule has 1 aromatic carbocycles. The number of pyridine rings is 1. The molecule has 0 bridgehead atoms. The zero-order valence-electron chi connectivity index (χ0n) is 10.8. The van der Waals surface area contributed by atoms with Gasteiger partial charge in [-0.05, 0) is 30.7 Å². The van der Waals surface area contributed by atoms with Crippen LogP contribution in [0, 0.1) is 17.0 Å². The zero-order valence-corrected chi connectivity index (χ0v) is 13.1. The Morgan fingerprint density at radius 2 is 2.14 bits per heavy atom. The summed E-state index contributed by atoms with van der Waals surface area (Å²) in [6.45, 7) is 1.83. The van der Waals surface area contributed by atoms with Gasteiger partial charge in [-0.15, -0.1) is 0 Å². The van der Waals surface area contributed by atoms with E-state index < -0.39 is 10.8 Å². The summed E-state index contributed by atoms with van der Waals surface area (Å²) in [6, 6.07) is 6.42. The molecule has 0 saturated carbocycles. The van der Waals surface area contributed by atoms with Gasteiger partial charge in [-0.25, -0.2) is 4.98 Å². The van der Waals surface area contributed by atoms with Gasteiger partial charge in [0.25, 0.3) is 11.6 Å². The number of hydrogen-bond donors (Lipinski definition) is 1. The fraction of sp³-hybridized carbons (Fsp3) is 0.0769. The van der Waals surface area contributed by atoms with E-state index in [1.807, 2.05) is 13.0 Å². The summed E-state index contributed by atoms with van der Waals surface area (Å²) >= 11 is 9.15. The molecule has 1 N–H and O–H groups in total. The van der Waals surface area contributed by atoms with Crippen LogP contribution in [0.3, 0.4) is 0 Å². The van der Waals surface area contributed by atoms with E-state index in [1.54, 1.807) is 12.1 Å². The average Bonchev–Trinajstić information content (AvgIpc) is 2.42. The van der Waals surface area contributed by atoms with Crippen molar-refractivity contribution in [3.63, 3.8) is 0 Å². The molecule has 0 aliphatic rings. The molecule has 0 saturated heterocycles. The number of nitrogens with zero attached hydrogens (tertiary/aromatic N) is 2. The quantitative estimate of drug-likeness (QED) is 0.503. The summed E-state index contributed by atoms with van der Waals surface area (Å²) in [5, 5.41) is 13.3. The van der Waals surface area contributed by atoms with E-state index in [-0.39, 0.29) is 16.4 Å². The number of aryl methyl sites for hydroxylation is 1. The van der Waals surface area contributed by atoms with Crippen LogP contribution >= 0.6 is 27.5 Å². The van der Waals surface area contributed by atoms with E-state index in [9.17, 15) is 14.9 Å². The van der Waals surface area contributed by atoms with E-state index in [0.717, 1.165) is 22.3 Å². The van der Waals surface area contributed by atoms with Crippen molar-refractivity contribution in [2.24, 2.45) is 0 Å². The summed E-state index contributed by atoms with van der Waals surface area (Å²) in [5.41, 5.74) is 1.09. The number of benzene rings is 1. The topological polar surface area (TPSA) is 85.1 Å². The van der Waals surface area contributed by atoms with Crippen molar-refractivity contribution in [2.45, 2.75) is 6.92 Å². The molecule has 1 aromatic heterocycles. The van der Waals surface area contributed by atoms with E-state index in [2.05, 4.69) is 26.2 Å². The van der Waals surface area contributed by atoms with Crippen LogP contribution in [0.5, 0.6) is 0 Å². The van der Waals surface area contributed by atoms with E-state index in [4.69, 9.17) is 11.6 Å². The summed E-state index contributed by atoms with van der Waals surface area (Å²) in [5.74, 6) is -0.554. The molecule has 0 radical (unpaired) electrons. The van der Waals surface area contributed by atoms with Crippen LogP contribution in [0.1, 0.15) is 15.9 Å². The molecule has 1 amide bonds. The first-order valence-corrected chi connectivity index (χ1v) is 6.93. The Morgan fingerprint density at radius 3 is 2.76 bits per heavy atom. The lowest BCUT2D eigenvalue weighted by Gasteiger charge is -2.09. The molecule has 2 rings (SSSR count). The van der Waals surface area contributed by atoms with Gasteiger partial charge >= 0.3 is 0 Å². The number of carbonyl (C=O) groups is 1. The smallest absolute Gasteiger partial charge is 0.288 e. The highest BCUT2D eigenvalue weighted by Crippen LogP contribution is 2.23. The average molecular weight is 371 g/mol. The Labute approximate surface area is 133 Å². The number of nitro groups is 1. The van der Waals surface area contributed by atoms with Crippen molar-refractivity contribution in [1.82, 2.24) is 4.98 Å². The molecule has 8 heteroatoms. The number of halogens is 2. The Bertz CT molecular complexity index is 737. The highest BCUT2D eigenvalue weighted by Gasteiger charge is 2.17. The van der Waals surface area contributed by atoms with Crippen molar-refractivity contribution in [3.05, 3.63) is 61.3 Å². The fourth-order valence-corrected chi connectivity index (χ4v) is 2.32. The zero-order chi connectivity index (χ0) is 15.6. The highest BCUT2D eigenvalue weighted by molar-refractivity contribution is 9.10. The maximum Gasteiger partial charge on any atom is 0.288 e. The van der Waals surface area contributed by atoms with Gasteiger partial charge in [-0.2, -0.15) is 0 Å². The minimum Gasteiger partial charge on any atom is -0.322 e. The normalized spacial score (nSPS) is 10.2. The highest BCUT2D eigenvalue weighted by atomic mass is 79.9. The van der Waals surface area contributed by atoms with Gasteiger partial charge in [0.2, 0.25) is 0 Å². The number of hydrogen-bond acceptors (Lipinski definition) is 4. The number of nitrogens with one attached hydrogen (secondary N) is 1. The van der Waals surface area contributed by atoms with Gasteiger partial charge in [-0.1, -0.05) is 27.5 Å². The van der Waals surface area contributed by atoms with Crippen molar-refractivity contribution >= 4 is 44.8 Å². The molecule has 0 aliphatic carbocycles. The monoisotopic (exact) mass is 369 g/mol. The lowest BCUT2D eigenvalue weighted by molar-refractivity contribution is -0.385. The summed E-state index contributed by atoms with van der Waals surface area (Å²) < 4.78 is 0.882. The van der Waals surface area contributed by atoms with Crippen LogP contribution in [0.25, 0.3) is 0 Å². The van der Waals surface area contributed by atoms with Crippen molar-refractivity contribution < 1.29 is 9.72 Å². The Morgan fingerprint density at radius 1 is 1.43 bits per heavy atom. The largest absolute Gasteiger partial charge is 0.322 e. The predicted molar refractivity (Wildman–Crippen MR) is 82.7 cm³/mol. The van der Waals surface area contributed by atoms with Crippen molar-refractivity contribution in [2.75, 3.05) is 5.32 Å². The van der Waals surface area contributed by atoms with Gasteiger partial charge in [-0.3, -0.25) is 14.9 Å². The lowest BCUT2D eigenvalue weighted by atomic mass is 10.2. The number of amides is 1. The van der Waals surface area contributed by atoms with Gasteiger partial charge in [0.1, 0.15) is 11.3 Å². The number of anilines is 1. The summed E-state index contributed by atoms with van der Waals surface area (Å²) in [4.78, 5) is 25.9. The molecule has 108 valence electrons. The molecule has 0 unspecified atom stereocenters. The SMILES string of the molecule is Cc1cc(Br)ccc1NC(=O)c1cc([N+](=O)[O-])cnc1Cl. The Kier molecular flexibility index (Phi) is 4.54. The second-order valence-electron chi connectivity index (χ2n) is 4.20. The summed E-state index contributed by atoms with van der Waals surface area (Å²) in [6.07, 6.45) is 1.00. The minimum absolute atomic E-state index is 0.0480. The minimum atomic E-state index is -0.634. The van der Waals surface area contributed by atoms with Crippen LogP contribution in [-0.4, -0.2) is 15.8 Å². The summed E-state index contributed by atoms with van der Waals surface area (Å²) in [7, 11) is 0. The van der Waals surface area contributed by atoms with Gasteiger partial charge in [0, 0.05) is 16.2 Å². The molecule has 0 aliphatic heterocycles. The molecular formula is C13H9BrClN3O3. The standard InChI is InChI=1S/C13H9BrClN3O3/c1-7-4-8(14)2-3-11(7)17-13(19)10-5-9(18(20)21)6-16-12(10)15/h2-6H,1H3,(H,17,19). The van der Waals surface area contributed by atoms with Crippen LogP contribution in [0.2, 0.25) is 5.15 Å². The van der Waals surface area contributed by atoms with Crippen LogP contribution < -0.4 is 5.32 Å². The van der Waals surface area contributed by atoms with E-state index in [1.165, 1.54) is 0 Å². The van der Waals surface area contributed by atoms with Gasteiger partial charge < -0.3 is 5.32 Å². The third kappa shape index (κ3) is 3.56. The first-order valence-electron chi connectivity index (χ1n) is 5.76. The van der Waals surface area contributed by atoms with Gasteiger partial charge in [0.15, 0.2) is 0 Å². The molecule has 21 heavy (non-hydrogen) atoms. The first kappa shape index (κ1) is 15.4. The lowest BCUT2D eigenvalue weighted by Crippen LogP contribution is -2.14. The molecule has 6 nitrogen and oxygen atoms in total. The van der Waals surface area contributed by atoms with Crippen molar-refractivity contribution in [3.8, 4) is 0 Å². The number of carbonyl (C=O) groups excluding carboxylic acids is 1. The molecular weight excluding hydrogens is 362 g/mol. The predicted octanol–water partition coefficient (Wildman–Crippen LogP) is 3.97. The molecule has 0 atom stereocenters. The Balaban J connectivity index is 2.32. The van der Waals surface area contributed by atoms with Crippen molar-refractivity contribution in [1.29, 1.82) is 0 Å². The van der Waals surface area contributed by atoms with Crippen LogP contribution in [0.4, 0.5) is 11.4 Å². The first-order chi connectivity index (χ1) is 9.88. The maximum atomic E-state index is 12.2. The van der Waals surface area contributed by atoms with E-state index in [0.29, 0.717) is 5.69 Å². The second kappa shape index (κ2) is 6.19. The molecule has 2 aromatic rings. The second-order valence-corrected chi connectivity index (χ2v) is 5.48. The molecule has 1 heterocycles. The van der Waals surface area contributed by atoms with E-state index >= 15 is 0 Å². The van der Waals surface area contributed by atoms with Gasteiger partial charge in [0.05, 0.1) is 10.5 Å². The fourth-order valence-electron chi connectivity index (χ4n) is 1.65. The maximum absolute atomic E-state index is 12.2. The molecule has 0 fully saturated rings. The number of rotatable bonds is 3. The Hall–Kier alpha value is -1.99. The van der Waals surface area contributed by atoms with Crippen LogP contribution in [0.15, 0.2) is 34.9 Å². The third-order valence-electron chi connectivity index (χ3n) is 2.72. The molecule has 0 spiro atoms.